The van der Waals surface area contributed by atoms with Crippen LogP contribution in [0.15, 0.2) is 18.3 Å². The summed E-state index contributed by atoms with van der Waals surface area (Å²) in [5, 5.41) is 17.4. The number of carbonyl (C=O) groups is 1. The zero-order valence-electron chi connectivity index (χ0n) is 6.75. The van der Waals surface area contributed by atoms with Gasteiger partial charge in [-0.3, -0.25) is 9.78 Å². The Morgan fingerprint density at radius 1 is 1.54 bits per heavy atom. The van der Waals surface area contributed by atoms with Gasteiger partial charge in [-0.05, 0) is 6.07 Å². The van der Waals surface area contributed by atoms with E-state index in [9.17, 15) is 4.79 Å². The van der Waals surface area contributed by atoms with E-state index in [0.29, 0.717) is 17.6 Å². The first kappa shape index (κ1) is 9.69. The molecule has 0 aromatic carbocycles. The molecule has 0 saturated heterocycles. The fourth-order valence-electron chi connectivity index (χ4n) is 0.793. The molecule has 0 amide bonds. The molecule has 2 N–H and O–H groups in total. The highest BCUT2D eigenvalue weighted by Crippen LogP contribution is 1.93. The molecule has 0 spiro atoms. The summed E-state index contributed by atoms with van der Waals surface area (Å²) in [5.41, 5.74) is 0.853. The maximum Gasteiger partial charge on any atom is 0.490 e. The van der Waals surface area contributed by atoms with Gasteiger partial charge in [0.15, 0.2) is 0 Å². The predicted molar refractivity (Wildman–Crippen MR) is 44.9 cm³/mol. The number of hydrogen-bond donors (Lipinski definition) is 2. The molecule has 0 unspecified atom stereocenters. The first-order valence-electron chi connectivity index (χ1n) is 3.60. The monoisotopic (exact) mass is 181 g/mol. The lowest BCUT2D eigenvalue weighted by Gasteiger charge is -2.00. The SMILES string of the molecule is O=COCc1ccc(B(O)O)cn1. The predicted octanol–water partition coefficient (Wildman–Crippen LogP) is -1.57. The maximum absolute atomic E-state index is 9.82. The Morgan fingerprint density at radius 3 is 2.77 bits per heavy atom. The summed E-state index contributed by atoms with van der Waals surface area (Å²) in [7, 11) is -1.52. The van der Waals surface area contributed by atoms with Crippen LogP contribution in [0.4, 0.5) is 0 Å². The van der Waals surface area contributed by atoms with Gasteiger partial charge in [-0.1, -0.05) is 6.07 Å². The van der Waals surface area contributed by atoms with Gasteiger partial charge >= 0.3 is 7.12 Å². The summed E-state index contributed by atoms with van der Waals surface area (Å²) in [6.45, 7) is 0.418. The lowest BCUT2D eigenvalue weighted by molar-refractivity contribution is -0.129. The summed E-state index contributed by atoms with van der Waals surface area (Å²) in [6, 6.07) is 3.05. The van der Waals surface area contributed by atoms with Crippen molar-refractivity contribution in [3.8, 4) is 0 Å². The van der Waals surface area contributed by atoms with Crippen LogP contribution >= 0.6 is 0 Å². The lowest BCUT2D eigenvalue weighted by Crippen LogP contribution is -2.30. The molecule has 6 heteroatoms. The molecule has 0 saturated carbocycles. The van der Waals surface area contributed by atoms with E-state index in [4.69, 9.17) is 10.0 Å². The van der Waals surface area contributed by atoms with Gasteiger partial charge in [0.1, 0.15) is 6.61 Å². The molecule has 1 aromatic heterocycles. The molecule has 0 aliphatic heterocycles. The number of nitrogens with zero attached hydrogens (tertiary/aromatic N) is 1. The molecule has 0 fully saturated rings. The minimum absolute atomic E-state index is 0.0886. The summed E-state index contributed by atoms with van der Waals surface area (Å²) in [5.74, 6) is 0. The molecule has 0 bridgehead atoms. The van der Waals surface area contributed by atoms with Gasteiger partial charge in [0.2, 0.25) is 0 Å². The third-order valence-corrected chi connectivity index (χ3v) is 1.45. The second-order valence-electron chi connectivity index (χ2n) is 2.36. The molecule has 0 aliphatic rings. The molecule has 0 atom stereocenters. The van der Waals surface area contributed by atoms with E-state index >= 15 is 0 Å². The van der Waals surface area contributed by atoms with Crippen molar-refractivity contribution in [2.75, 3.05) is 0 Å². The number of aromatic nitrogens is 1. The lowest BCUT2D eigenvalue weighted by atomic mass is 9.82. The number of rotatable bonds is 4. The van der Waals surface area contributed by atoms with Gasteiger partial charge in [-0.2, -0.15) is 0 Å². The molecule has 1 aromatic rings. The van der Waals surface area contributed by atoms with Crippen LogP contribution in [0.2, 0.25) is 0 Å². The van der Waals surface area contributed by atoms with Crippen molar-refractivity contribution in [3.05, 3.63) is 24.0 Å². The first-order chi connectivity index (χ1) is 6.24. The van der Waals surface area contributed by atoms with Gasteiger partial charge in [0.05, 0.1) is 5.69 Å². The zero-order chi connectivity index (χ0) is 9.68. The smallest absolute Gasteiger partial charge is 0.461 e. The van der Waals surface area contributed by atoms with Gasteiger partial charge in [0, 0.05) is 11.7 Å². The fourth-order valence-corrected chi connectivity index (χ4v) is 0.793. The van der Waals surface area contributed by atoms with E-state index in [1.165, 1.54) is 12.3 Å². The molecular weight excluding hydrogens is 173 g/mol. The average molecular weight is 181 g/mol. The van der Waals surface area contributed by atoms with Crippen LogP contribution in [0, 0.1) is 0 Å². The Bertz CT molecular complexity index is 274. The fraction of sp³-hybridized carbons (Fsp3) is 0.143. The Balaban J connectivity index is 2.64. The number of ether oxygens (including phenoxy) is 1. The van der Waals surface area contributed by atoms with E-state index in [0.717, 1.165) is 0 Å². The molecule has 5 nitrogen and oxygen atoms in total. The van der Waals surface area contributed by atoms with Crippen LogP contribution in [-0.4, -0.2) is 28.6 Å². The van der Waals surface area contributed by atoms with Crippen LogP contribution in [0.3, 0.4) is 0 Å². The van der Waals surface area contributed by atoms with Gasteiger partial charge in [0.25, 0.3) is 6.47 Å². The first-order valence-corrected chi connectivity index (χ1v) is 3.60. The van der Waals surface area contributed by atoms with Crippen molar-refractivity contribution < 1.29 is 19.6 Å². The van der Waals surface area contributed by atoms with Gasteiger partial charge in [-0.15, -0.1) is 0 Å². The maximum atomic E-state index is 9.82. The van der Waals surface area contributed by atoms with Crippen molar-refractivity contribution in [1.82, 2.24) is 4.98 Å². The second-order valence-corrected chi connectivity index (χ2v) is 2.36. The van der Waals surface area contributed by atoms with E-state index in [-0.39, 0.29) is 6.61 Å². The third kappa shape index (κ3) is 2.85. The van der Waals surface area contributed by atoms with Gasteiger partial charge in [-0.25, -0.2) is 0 Å². The molecule has 0 radical (unpaired) electrons. The minimum atomic E-state index is -1.52. The highest BCUT2D eigenvalue weighted by atomic mass is 16.5. The van der Waals surface area contributed by atoms with Crippen molar-refractivity contribution in [2.24, 2.45) is 0 Å². The zero-order valence-corrected chi connectivity index (χ0v) is 6.75. The van der Waals surface area contributed by atoms with Crippen LogP contribution in [0.25, 0.3) is 0 Å². The highest BCUT2D eigenvalue weighted by Gasteiger charge is 2.10. The Morgan fingerprint density at radius 2 is 2.31 bits per heavy atom. The summed E-state index contributed by atoms with van der Waals surface area (Å²) >= 11 is 0. The quantitative estimate of drug-likeness (QED) is 0.433. The highest BCUT2D eigenvalue weighted by molar-refractivity contribution is 6.58. The molecule has 0 aliphatic carbocycles. The Labute approximate surface area is 75.1 Å². The normalized spacial score (nSPS) is 9.38. The molecule has 13 heavy (non-hydrogen) atoms. The van der Waals surface area contributed by atoms with Gasteiger partial charge < -0.3 is 14.8 Å². The van der Waals surface area contributed by atoms with Crippen molar-refractivity contribution in [3.63, 3.8) is 0 Å². The Hall–Kier alpha value is -1.40. The average Bonchev–Trinajstić information content (AvgIpc) is 2.15. The third-order valence-electron chi connectivity index (χ3n) is 1.45. The number of pyridine rings is 1. The van der Waals surface area contributed by atoms with E-state index in [2.05, 4.69) is 9.72 Å². The molecule has 68 valence electrons. The topological polar surface area (TPSA) is 79.7 Å². The Kier molecular flexibility index (Phi) is 3.42. The van der Waals surface area contributed by atoms with Crippen LogP contribution in [-0.2, 0) is 16.1 Å². The summed E-state index contributed by atoms with van der Waals surface area (Å²) < 4.78 is 4.45. The van der Waals surface area contributed by atoms with E-state index in [1.54, 1.807) is 6.07 Å². The van der Waals surface area contributed by atoms with Crippen molar-refractivity contribution >= 4 is 19.1 Å². The van der Waals surface area contributed by atoms with Crippen molar-refractivity contribution in [1.29, 1.82) is 0 Å². The van der Waals surface area contributed by atoms with Crippen LogP contribution in [0.5, 0.6) is 0 Å². The number of carbonyl (C=O) groups excluding carboxylic acids is 1. The van der Waals surface area contributed by atoms with Crippen LogP contribution < -0.4 is 5.46 Å². The largest absolute Gasteiger partial charge is 0.490 e. The van der Waals surface area contributed by atoms with E-state index < -0.39 is 7.12 Å². The van der Waals surface area contributed by atoms with Crippen molar-refractivity contribution in [2.45, 2.75) is 6.61 Å². The van der Waals surface area contributed by atoms with Crippen LogP contribution in [0.1, 0.15) is 5.69 Å². The molecular formula is C7H8BNO4. The standard InChI is InChI=1S/C7H8BNO4/c10-5-13-4-7-2-1-6(3-9-7)8(11)12/h1-3,5,11-12H,4H2. The molecule has 1 rings (SSSR count). The minimum Gasteiger partial charge on any atom is -0.461 e. The summed E-state index contributed by atoms with van der Waals surface area (Å²) in [4.78, 5) is 13.7. The second kappa shape index (κ2) is 4.59. The van der Waals surface area contributed by atoms with E-state index in [1.807, 2.05) is 0 Å². The summed E-state index contributed by atoms with van der Waals surface area (Å²) in [6.07, 6.45) is 1.31. The number of hydrogen-bond acceptors (Lipinski definition) is 5. The molecule has 1 heterocycles.